The molecule has 2 rings (SSSR count). The number of ether oxygens (including phenoxy) is 1. The maximum atomic E-state index is 5.69. The quantitative estimate of drug-likeness (QED) is 0.779. The fourth-order valence-corrected chi connectivity index (χ4v) is 1.60. The Hall–Kier alpha value is -1.61. The largest absolute Gasteiger partial charge is 0.494 e. The van der Waals surface area contributed by atoms with E-state index in [0.717, 1.165) is 16.9 Å². The van der Waals surface area contributed by atoms with E-state index in [1.165, 1.54) is 0 Å². The van der Waals surface area contributed by atoms with Crippen molar-refractivity contribution in [3.05, 3.63) is 42.2 Å². The maximum Gasteiger partial charge on any atom is 0.159 e. The van der Waals surface area contributed by atoms with Gasteiger partial charge in [0.05, 0.1) is 12.5 Å². The van der Waals surface area contributed by atoms with Crippen LogP contribution in [-0.2, 0) is 5.88 Å². The molecule has 0 fully saturated rings. The zero-order valence-corrected chi connectivity index (χ0v) is 10.3. The van der Waals surface area contributed by atoms with Gasteiger partial charge in [-0.2, -0.15) is 0 Å². The van der Waals surface area contributed by atoms with Gasteiger partial charge in [-0.15, -0.1) is 11.6 Å². The number of aromatic nitrogens is 2. The Morgan fingerprint density at radius 2 is 2.00 bits per heavy atom. The van der Waals surface area contributed by atoms with Crippen molar-refractivity contribution in [1.82, 2.24) is 9.97 Å². The highest BCUT2D eigenvalue weighted by Crippen LogP contribution is 2.20. The summed E-state index contributed by atoms with van der Waals surface area (Å²) in [5.41, 5.74) is 1.86. The first-order valence-electron chi connectivity index (χ1n) is 5.43. The molecule has 1 aromatic carbocycles. The van der Waals surface area contributed by atoms with E-state index in [-0.39, 0.29) is 0 Å². The van der Waals surface area contributed by atoms with Crippen molar-refractivity contribution in [3.63, 3.8) is 0 Å². The van der Waals surface area contributed by atoms with Crippen LogP contribution in [0, 0.1) is 0 Å². The van der Waals surface area contributed by atoms with Crippen LogP contribution < -0.4 is 4.74 Å². The molecular weight excluding hydrogens is 236 g/mol. The summed E-state index contributed by atoms with van der Waals surface area (Å²) in [6.45, 7) is 2.61. The van der Waals surface area contributed by atoms with Crippen LogP contribution in [-0.4, -0.2) is 16.6 Å². The van der Waals surface area contributed by atoms with Crippen LogP contribution in [0.1, 0.15) is 12.5 Å². The van der Waals surface area contributed by atoms with E-state index in [0.29, 0.717) is 18.3 Å². The lowest BCUT2D eigenvalue weighted by Gasteiger charge is -2.05. The van der Waals surface area contributed by atoms with Gasteiger partial charge in [0.2, 0.25) is 0 Å². The summed E-state index contributed by atoms with van der Waals surface area (Å²) >= 11 is 5.69. The first-order chi connectivity index (χ1) is 8.33. The second kappa shape index (κ2) is 5.64. The highest BCUT2D eigenvalue weighted by Gasteiger charge is 2.02. The predicted molar refractivity (Wildman–Crippen MR) is 68.2 cm³/mol. The molecule has 0 saturated heterocycles. The zero-order valence-electron chi connectivity index (χ0n) is 9.56. The molecule has 2 aromatic rings. The first-order valence-corrected chi connectivity index (χ1v) is 5.97. The van der Waals surface area contributed by atoms with Gasteiger partial charge in [0, 0.05) is 23.5 Å². The van der Waals surface area contributed by atoms with Crippen molar-refractivity contribution >= 4 is 11.6 Å². The van der Waals surface area contributed by atoms with E-state index in [1.54, 1.807) is 12.4 Å². The average Bonchev–Trinajstić information content (AvgIpc) is 2.40. The van der Waals surface area contributed by atoms with Crippen LogP contribution in [0.2, 0.25) is 0 Å². The highest BCUT2D eigenvalue weighted by molar-refractivity contribution is 6.17. The predicted octanol–water partition coefficient (Wildman–Crippen LogP) is 3.28. The molecular formula is C13H13ClN2O. The summed E-state index contributed by atoms with van der Waals surface area (Å²) in [6.07, 6.45) is 3.48. The Kier molecular flexibility index (Phi) is 3.94. The van der Waals surface area contributed by atoms with Crippen LogP contribution >= 0.6 is 11.6 Å². The fourth-order valence-electron chi connectivity index (χ4n) is 1.46. The van der Waals surface area contributed by atoms with Gasteiger partial charge in [0.25, 0.3) is 0 Å². The fraction of sp³-hybridized carbons (Fsp3) is 0.231. The van der Waals surface area contributed by atoms with Gasteiger partial charge in [-0.05, 0) is 19.1 Å². The Morgan fingerprint density at radius 3 is 2.65 bits per heavy atom. The normalized spacial score (nSPS) is 10.2. The van der Waals surface area contributed by atoms with Gasteiger partial charge in [-0.25, -0.2) is 9.97 Å². The molecule has 0 N–H and O–H groups in total. The monoisotopic (exact) mass is 248 g/mol. The molecule has 0 aliphatic heterocycles. The molecule has 0 radical (unpaired) electrons. The van der Waals surface area contributed by atoms with Gasteiger partial charge in [0.15, 0.2) is 5.82 Å². The number of halogens is 1. The molecule has 0 spiro atoms. The maximum absolute atomic E-state index is 5.69. The Morgan fingerprint density at radius 1 is 1.24 bits per heavy atom. The van der Waals surface area contributed by atoms with E-state index in [1.807, 2.05) is 31.2 Å². The smallest absolute Gasteiger partial charge is 0.159 e. The number of rotatable bonds is 4. The van der Waals surface area contributed by atoms with E-state index < -0.39 is 0 Å². The summed E-state index contributed by atoms with van der Waals surface area (Å²) in [5.74, 6) is 1.94. The lowest BCUT2D eigenvalue weighted by atomic mass is 10.2. The van der Waals surface area contributed by atoms with Crippen molar-refractivity contribution in [1.29, 1.82) is 0 Å². The SMILES string of the molecule is CCOc1cccc(-c2ncc(CCl)cn2)c1. The van der Waals surface area contributed by atoms with Gasteiger partial charge in [-0.3, -0.25) is 0 Å². The summed E-state index contributed by atoms with van der Waals surface area (Å²) < 4.78 is 5.44. The summed E-state index contributed by atoms with van der Waals surface area (Å²) in [6, 6.07) is 7.73. The number of hydrogen-bond donors (Lipinski definition) is 0. The first kappa shape index (κ1) is 11.9. The van der Waals surface area contributed by atoms with E-state index in [2.05, 4.69) is 9.97 Å². The molecule has 0 unspecified atom stereocenters. The van der Waals surface area contributed by atoms with Crippen LogP contribution in [0.3, 0.4) is 0 Å². The Balaban J connectivity index is 2.28. The number of benzene rings is 1. The van der Waals surface area contributed by atoms with Crippen LogP contribution in [0.4, 0.5) is 0 Å². The minimum Gasteiger partial charge on any atom is -0.494 e. The van der Waals surface area contributed by atoms with Crippen molar-refractivity contribution in [2.75, 3.05) is 6.61 Å². The molecule has 0 aliphatic rings. The van der Waals surface area contributed by atoms with Crippen LogP contribution in [0.5, 0.6) is 5.75 Å². The summed E-state index contributed by atoms with van der Waals surface area (Å²) in [7, 11) is 0. The van der Waals surface area contributed by atoms with E-state index in [9.17, 15) is 0 Å². The van der Waals surface area contributed by atoms with E-state index in [4.69, 9.17) is 16.3 Å². The topological polar surface area (TPSA) is 35.0 Å². The van der Waals surface area contributed by atoms with Gasteiger partial charge in [0.1, 0.15) is 5.75 Å². The number of hydrogen-bond acceptors (Lipinski definition) is 3. The standard InChI is InChI=1S/C13H13ClN2O/c1-2-17-12-5-3-4-11(6-12)13-15-8-10(7-14)9-16-13/h3-6,8-9H,2,7H2,1H3. The van der Waals surface area contributed by atoms with Gasteiger partial charge in [-0.1, -0.05) is 12.1 Å². The molecule has 17 heavy (non-hydrogen) atoms. The third-order valence-corrected chi connectivity index (χ3v) is 2.57. The minimum absolute atomic E-state index is 0.430. The number of nitrogens with zero attached hydrogens (tertiary/aromatic N) is 2. The second-order valence-electron chi connectivity index (χ2n) is 3.51. The third-order valence-electron chi connectivity index (χ3n) is 2.26. The van der Waals surface area contributed by atoms with Crippen molar-refractivity contribution in [2.45, 2.75) is 12.8 Å². The third kappa shape index (κ3) is 2.94. The van der Waals surface area contributed by atoms with Gasteiger partial charge >= 0.3 is 0 Å². The average molecular weight is 249 g/mol. The summed E-state index contributed by atoms with van der Waals surface area (Å²) in [4.78, 5) is 8.54. The second-order valence-corrected chi connectivity index (χ2v) is 3.78. The van der Waals surface area contributed by atoms with Crippen molar-refractivity contribution in [3.8, 4) is 17.1 Å². The minimum atomic E-state index is 0.430. The summed E-state index contributed by atoms with van der Waals surface area (Å²) in [5, 5.41) is 0. The Bertz CT molecular complexity index is 485. The van der Waals surface area contributed by atoms with E-state index >= 15 is 0 Å². The van der Waals surface area contributed by atoms with Crippen LogP contribution in [0.15, 0.2) is 36.7 Å². The molecule has 0 amide bonds. The molecule has 4 heteroatoms. The Labute approximate surface area is 105 Å². The molecule has 0 atom stereocenters. The lowest BCUT2D eigenvalue weighted by Crippen LogP contribution is -1.93. The van der Waals surface area contributed by atoms with Crippen LogP contribution in [0.25, 0.3) is 11.4 Å². The molecule has 3 nitrogen and oxygen atoms in total. The molecule has 1 heterocycles. The van der Waals surface area contributed by atoms with Crippen molar-refractivity contribution < 1.29 is 4.74 Å². The zero-order chi connectivity index (χ0) is 12.1. The van der Waals surface area contributed by atoms with Crippen molar-refractivity contribution in [2.24, 2.45) is 0 Å². The molecule has 88 valence electrons. The molecule has 0 aliphatic carbocycles. The lowest BCUT2D eigenvalue weighted by molar-refractivity contribution is 0.340. The van der Waals surface area contributed by atoms with Gasteiger partial charge < -0.3 is 4.74 Å². The number of alkyl halides is 1. The molecule has 0 saturated carbocycles. The molecule has 1 aromatic heterocycles. The molecule has 0 bridgehead atoms. The highest BCUT2D eigenvalue weighted by atomic mass is 35.5.